The lowest BCUT2D eigenvalue weighted by atomic mass is 9.98. The number of phenolic OH excluding ortho intramolecular Hbond substituents is 2. The number of aromatic hydroxyl groups is 2. The Labute approximate surface area is 398 Å². The summed E-state index contributed by atoms with van der Waals surface area (Å²) >= 11 is 1.63. The van der Waals surface area contributed by atoms with E-state index in [1.54, 1.807) is 11.8 Å². The van der Waals surface area contributed by atoms with Crippen molar-refractivity contribution in [1.82, 2.24) is 0 Å². The molecule has 2 rings (SSSR count). The van der Waals surface area contributed by atoms with Crippen LogP contribution in [-0.2, 0) is 25.7 Å². The molecule has 0 aliphatic carbocycles. The van der Waals surface area contributed by atoms with Crippen molar-refractivity contribution in [2.45, 2.75) is 320 Å². The molecule has 2 N–H and O–H groups in total. The molecule has 3 heteroatoms. The maximum absolute atomic E-state index is 11.9. The first-order valence-electron chi connectivity index (χ1n) is 28.4. The first-order chi connectivity index (χ1) is 31.0. The molecule has 0 fully saturated rings. The van der Waals surface area contributed by atoms with Gasteiger partial charge >= 0.3 is 0 Å². The van der Waals surface area contributed by atoms with Crippen LogP contribution < -0.4 is 0 Å². The fraction of sp³-hybridized carbons (Fsp3) is 0.800. The molecule has 0 unspecified atom stereocenters. The van der Waals surface area contributed by atoms with Crippen LogP contribution in [0, 0.1) is 0 Å². The molecule has 364 valence electrons. The number of benzene rings is 2. The van der Waals surface area contributed by atoms with Crippen molar-refractivity contribution in [3.8, 4) is 11.5 Å². The van der Waals surface area contributed by atoms with Gasteiger partial charge in [-0.05, 0) is 85.8 Å². The van der Waals surface area contributed by atoms with Crippen LogP contribution in [-0.4, -0.2) is 10.2 Å². The first kappa shape index (κ1) is 57.5. The molecule has 2 aromatic rings. The predicted molar refractivity (Wildman–Crippen MR) is 283 cm³/mol. The van der Waals surface area contributed by atoms with Crippen molar-refractivity contribution in [1.29, 1.82) is 0 Å². The summed E-state index contributed by atoms with van der Waals surface area (Å²) in [6, 6.07) is 9.20. The molecule has 0 aliphatic heterocycles. The van der Waals surface area contributed by atoms with Gasteiger partial charge in [-0.25, -0.2) is 0 Å². The van der Waals surface area contributed by atoms with Crippen LogP contribution in [0.15, 0.2) is 34.1 Å². The maximum atomic E-state index is 11.9. The van der Waals surface area contributed by atoms with Gasteiger partial charge in [-0.3, -0.25) is 0 Å². The van der Waals surface area contributed by atoms with Gasteiger partial charge in [0.15, 0.2) is 0 Å². The molecular weight excluding hydrogens is 785 g/mol. The van der Waals surface area contributed by atoms with Crippen molar-refractivity contribution in [3.05, 3.63) is 46.5 Å². The lowest BCUT2D eigenvalue weighted by Crippen LogP contribution is -1.96. The second-order valence-electron chi connectivity index (χ2n) is 20.0. The molecule has 63 heavy (non-hydrogen) atoms. The Morgan fingerprint density at radius 2 is 0.476 bits per heavy atom. The van der Waals surface area contributed by atoms with Crippen molar-refractivity contribution >= 4 is 11.8 Å². The Balaban J connectivity index is 2.14. The van der Waals surface area contributed by atoms with Crippen LogP contribution >= 0.6 is 11.8 Å². The van der Waals surface area contributed by atoms with Gasteiger partial charge in [0.2, 0.25) is 0 Å². The number of rotatable bonds is 46. The summed E-state index contributed by atoms with van der Waals surface area (Å²) in [4.78, 5) is 1.89. The van der Waals surface area contributed by atoms with E-state index in [1.165, 1.54) is 255 Å². The molecule has 0 heterocycles. The van der Waals surface area contributed by atoms with Gasteiger partial charge in [-0.15, -0.1) is 0 Å². The summed E-state index contributed by atoms with van der Waals surface area (Å²) in [6.45, 7) is 9.19. The molecule has 0 atom stereocenters. The maximum Gasteiger partial charge on any atom is 0.132 e. The van der Waals surface area contributed by atoms with Crippen LogP contribution in [0.25, 0.3) is 0 Å². The molecule has 0 radical (unpaired) electrons. The molecule has 0 amide bonds. The number of aryl methyl sites for hydroxylation is 4. The zero-order valence-corrected chi connectivity index (χ0v) is 43.5. The second kappa shape index (κ2) is 41.8. The van der Waals surface area contributed by atoms with E-state index in [0.717, 1.165) is 59.4 Å². The van der Waals surface area contributed by atoms with E-state index in [-0.39, 0.29) is 0 Å². The van der Waals surface area contributed by atoms with Crippen LogP contribution in [0.5, 0.6) is 11.5 Å². The first-order valence-corrected chi connectivity index (χ1v) is 29.2. The van der Waals surface area contributed by atoms with Crippen molar-refractivity contribution in [2.75, 3.05) is 0 Å². The van der Waals surface area contributed by atoms with E-state index in [2.05, 4.69) is 52.0 Å². The minimum atomic E-state index is 0.457. The van der Waals surface area contributed by atoms with Gasteiger partial charge in [-0.1, -0.05) is 283 Å². The zero-order chi connectivity index (χ0) is 45.3. The molecule has 0 saturated heterocycles. The Bertz CT molecular complexity index is 1220. The summed E-state index contributed by atoms with van der Waals surface area (Å²) in [7, 11) is 0. The largest absolute Gasteiger partial charge is 0.506 e. The van der Waals surface area contributed by atoms with Gasteiger partial charge in [0.25, 0.3) is 0 Å². The third kappa shape index (κ3) is 30.3. The summed E-state index contributed by atoms with van der Waals surface area (Å²) < 4.78 is 0. The van der Waals surface area contributed by atoms with Crippen LogP contribution in [0.4, 0.5) is 0 Å². The molecule has 0 aromatic heterocycles. The zero-order valence-electron chi connectivity index (χ0n) is 42.7. The molecule has 2 aromatic carbocycles. The number of hydrogen-bond donors (Lipinski definition) is 2. The predicted octanol–water partition coefficient (Wildman–Crippen LogP) is 21.1. The normalized spacial score (nSPS) is 11.6. The van der Waals surface area contributed by atoms with E-state index >= 15 is 0 Å². The van der Waals surface area contributed by atoms with Crippen LogP contribution in [0.3, 0.4) is 0 Å². The third-order valence-electron chi connectivity index (χ3n) is 13.9. The van der Waals surface area contributed by atoms with Crippen molar-refractivity contribution in [3.63, 3.8) is 0 Å². The smallest absolute Gasteiger partial charge is 0.132 e. The lowest BCUT2D eigenvalue weighted by Gasteiger charge is -2.16. The average Bonchev–Trinajstić information content (AvgIpc) is 3.28. The average molecular weight is 892 g/mol. The van der Waals surface area contributed by atoms with Crippen LogP contribution in [0.1, 0.15) is 307 Å². The van der Waals surface area contributed by atoms with E-state index < -0.39 is 0 Å². The highest BCUT2D eigenvalue weighted by Gasteiger charge is 2.17. The Morgan fingerprint density at radius 1 is 0.270 bits per heavy atom. The number of unbranched alkanes of at least 4 members (excludes halogenated alkanes) is 36. The molecule has 2 nitrogen and oxygen atoms in total. The van der Waals surface area contributed by atoms with Gasteiger partial charge < -0.3 is 10.2 Å². The topological polar surface area (TPSA) is 40.5 Å². The highest BCUT2D eigenvalue weighted by molar-refractivity contribution is 7.99. The molecule has 0 bridgehead atoms. The Morgan fingerprint density at radius 3 is 0.714 bits per heavy atom. The minimum absolute atomic E-state index is 0.457. The minimum Gasteiger partial charge on any atom is -0.506 e. The lowest BCUT2D eigenvalue weighted by molar-refractivity contribution is 0.449. The number of phenols is 2. The van der Waals surface area contributed by atoms with E-state index in [4.69, 9.17) is 0 Å². The third-order valence-corrected chi connectivity index (χ3v) is 14.9. The fourth-order valence-electron chi connectivity index (χ4n) is 9.64. The summed E-state index contributed by atoms with van der Waals surface area (Å²) in [5, 5.41) is 23.8. The SMILES string of the molecule is CCCCCCCCCCCCc1cc(CCCCCCCCCCCC)c(O)c(Sc2cc(CCCCCCCCCCCC)cc(CCCCCCCCCCCC)c2O)c1. The molecule has 0 spiro atoms. The van der Waals surface area contributed by atoms with Crippen molar-refractivity contribution in [2.24, 2.45) is 0 Å². The van der Waals surface area contributed by atoms with E-state index in [1.807, 2.05) is 0 Å². The monoisotopic (exact) mass is 891 g/mol. The molecule has 0 aliphatic rings. The van der Waals surface area contributed by atoms with Gasteiger partial charge in [0.1, 0.15) is 11.5 Å². The summed E-state index contributed by atoms with van der Waals surface area (Å²) in [5.74, 6) is 0.914. The standard InChI is InChI=1S/C60H106O2S/c1-5-9-13-17-21-25-29-33-37-41-45-53-49-55(47-43-39-35-31-27-23-19-15-11-7-3)59(61)57(51-53)63-58-52-54(46-42-38-34-30-26-22-18-14-10-6-2)50-56(60(58)62)48-44-40-36-32-28-24-20-16-12-8-4/h49-52,61-62H,5-48H2,1-4H3. The van der Waals surface area contributed by atoms with Gasteiger partial charge in [0.05, 0.1) is 9.79 Å². The van der Waals surface area contributed by atoms with Gasteiger partial charge in [-0.2, -0.15) is 0 Å². The van der Waals surface area contributed by atoms with E-state index in [0.29, 0.717) is 11.5 Å². The van der Waals surface area contributed by atoms with Crippen LogP contribution in [0.2, 0.25) is 0 Å². The Kier molecular flexibility index (Phi) is 38.2. The fourth-order valence-corrected chi connectivity index (χ4v) is 10.8. The highest BCUT2D eigenvalue weighted by Crippen LogP contribution is 2.44. The molecular formula is C60H106O2S. The van der Waals surface area contributed by atoms with E-state index in [9.17, 15) is 10.2 Å². The second-order valence-corrected chi connectivity index (χ2v) is 21.1. The Hall–Kier alpha value is -1.61. The summed E-state index contributed by atoms with van der Waals surface area (Å²) in [6.07, 6.45) is 57.6. The summed E-state index contributed by atoms with van der Waals surface area (Å²) in [5.41, 5.74) is 4.97. The number of hydrogen-bond acceptors (Lipinski definition) is 3. The highest BCUT2D eigenvalue weighted by atomic mass is 32.2. The van der Waals surface area contributed by atoms with Crippen molar-refractivity contribution < 1.29 is 10.2 Å². The van der Waals surface area contributed by atoms with Gasteiger partial charge in [0, 0.05) is 0 Å². The molecule has 0 saturated carbocycles. The quantitative estimate of drug-likeness (QED) is 0.0651.